The Morgan fingerprint density at radius 3 is 2.43 bits per heavy atom. The molecule has 0 aromatic heterocycles. The second-order valence-corrected chi connectivity index (χ2v) is 7.38. The Hall–Kier alpha value is -1.70. The zero-order chi connectivity index (χ0) is 19.3. The van der Waals surface area contributed by atoms with Crippen molar-refractivity contribution in [2.24, 2.45) is 5.41 Å². The van der Waals surface area contributed by atoms with Crippen molar-refractivity contribution in [3.8, 4) is 0 Å². The van der Waals surface area contributed by atoms with Gasteiger partial charge in [-0.05, 0) is 44.5 Å². The number of benzene rings is 1. The third-order valence-electron chi connectivity index (χ3n) is 5.61. The van der Waals surface area contributed by atoms with E-state index in [9.17, 15) is 14.0 Å². The van der Waals surface area contributed by atoms with Gasteiger partial charge in [0.15, 0.2) is 0 Å². The average Bonchev–Trinajstić information content (AvgIpc) is 2.94. The standard InChI is InChI=1S/C20H28FN3O3.ClH/c1-27-15-20(7-9-22-10-8-20)19(26)24-12-4-11-23(13-14-24)18(25)16-5-2-3-6-17(16)21;/h2-3,5-6,22H,4,7-15H2,1H3;1H. The summed E-state index contributed by atoms with van der Waals surface area (Å²) in [6.07, 6.45) is 2.20. The number of halogens is 2. The van der Waals surface area contributed by atoms with E-state index in [2.05, 4.69) is 5.32 Å². The number of piperidine rings is 1. The van der Waals surface area contributed by atoms with Crippen molar-refractivity contribution in [1.82, 2.24) is 15.1 Å². The summed E-state index contributed by atoms with van der Waals surface area (Å²) >= 11 is 0. The first-order valence-corrected chi connectivity index (χ1v) is 9.60. The van der Waals surface area contributed by atoms with E-state index in [1.807, 2.05) is 4.90 Å². The maximum Gasteiger partial charge on any atom is 0.256 e. The van der Waals surface area contributed by atoms with E-state index in [-0.39, 0.29) is 29.8 Å². The summed E-state index contributed by atoms with van der Waals surface area (Å²) in [5.74, 6) is -0.699. The van der Waals surface area contributed by atoms with Crippen LogP contribution < -0.4 is 5.32 Å². The Labute approximate surface area is 171 Å². The lowest BCUT2D eigenvalue weighted by Gasteiger charge is -2.39. The molecule has 156 valence electrons. The van der Waals surface area contributed by atoms with Crippen LogP contribution >= 0.6 is 12.4 Å². The second kappa shape index (κ2) is 10.2. The van der Waals surface area contributed by atoms with Gasteiger partial charge >= 0.3 is 0 Å². The number of carbonyl (C=O) groups is 2. The van der Waals surface area contributed by atoms with Crippen molar-refractivity contribution in [3.05, 3.63) is 35.6 Å². The summed E-state index contributed by atoms with van der Waals surface area (Å²) in [6.45, 7) is 4.05. The highest BCUT2D eigenvalue weighted by Crippen LogP contribution is 2.32. The van der Waals surface area contributed by atoms with Crippen molar-refractivity contribution >= 4 is 24.2 Å². The van der Waals surface area contributed by atoms with Crippen LogP contribution in [0.3, 0.4) is 0 Å². The molecule has 0 saturated carbocycles. The van der Waals surface area contributed by atoms with Crippen LogP contribution in [0, 0.1) is 11.2 Å². The zero-order valence-corrected chi connectivity index (χ0v) is 17.1. The normalized spacial score (nSPS) is 19.5. The Kier molecular flexibility index (Phi) is 8.22. The van der Waals surface area contributed by atoms with Crippen molar-refractivity contribution in [2.75, 3.05) is 53.0 Å². The van der Waals surface area contributed by atoms with Crippen molar-refractivity contribution in [2.45, 2.75) is 19.3 Å². The van der Waals surface area contributed by atoms with Gasteiger partial charge in [0.25, 0.3) is 5.91 Å². The van der Waals surface area contributed by atoms with Crippen LogP contribution in [0.2, 0.25) is 0 Å². The Morgan fingerprint density at radius 2 is 1.75 bits per heavy atom. The predicted molar refractivity (Wildman–Crippen MR) is 107 cm³/mol. The lowest BCUT2D eigenvalue weighted by atomic mass is 9.78. The second-order valence-electron chi connectivity index (χ2n) is 7.38. The molecule has 6 nitrogen and oxygen atoms in total. The molecule has 0 aliphatic carbocycles. The van der Waals surface area contributed by atoms with Gasteiger partial charge in [0, 0.05) is 33.3 Å². The highest BCUT2D eigenvalue weighted by Gasteiger charge is 2.42. The molecule has 0 unspecified atom stereocenters. The lowest BCUT2D eigenvalue weighted by molar-refractivity contribution is -0.147. The number of amides is 2. The quantitative estimate of drug-likeness (QED) is 0.819. The molecule has 0 spiro atoms. The van der Waals surface area contributed by atoms with Crippen molar-refractivity contribution in [3.63, 3.8) is 0 Å². The minimum Gasteiger partial charge on any atom is -0.384 e. The van der Waals surface area contributed by atoms with E-state index in [1.165, 1.54) is 12.1 Å². The monoisotopic (exact) mass is 413 g/mol. The molecule has 2 saturated heterocycles. The van der Waals surface area contributed by atoms with Gasteiger partial charge in [-0.1, -0.05) is 12.1 Å². The molecule has 1 aromatic rings. The van der Waals surface area contributed by atoms with E-state index in [0.29, 0.717) is 39.2 Å². The first-order valence-electron chi connectivity index (χ1n) is 9.60. The molecular formula is C20H29ClFN3O3. The molecule has 8 heteroatoms. The summed E-state index contributed by atoms with van der Waals surface area (Å²) in [5, 5.41) is 3.30. The average molecular weight is 414 g/mol. The van der Waals surface area contributed by atoms with Crippen LogP contribution in [-0.2, 0) is 9.53 Å². The third-order valence-corrected chi connectivity index (χ3v) is 5.61. The van der Waals surface area contributed by atoms with E-state index in [4.69, 9.17) is 4.74 Å². The molecule has 0 radical (unpaired) electrons. The topological polar surface area (TPSA) is 61.9 Å². The van der Waals surface area contributed by atoms with Gasteiger partial charge in [-0.25, -0.2) is 4.39 Å². The SMILES string of the molecule is COCC1(C(=O)N2CCCN(C(=O)c3ccccc3F)CC2)CCNCC1.Cl. The van der Waals surface area contributed by atoms with Gasteiger partial charge < -0.3 is 19.9 Å². The van der Waals surface area contributed by atoms with Gasteiger partial charge in [-0.2, -0.15) is 0 Å². The van der Waals surface area contributed by atoms with Gasteiger partial charge in [-0.3, -0.25) is 9.59 Å². The summed E-state index contributed by atoms with van der Waals surface area (Å²) in [6, 6.07) is 6.04. The number of methoxy groups -OCH3 is 1. The molecule has 1 aromatic carbocycles. The number of ether oxygens (including phenoxy) is 1. The van der Waals surface area contributed by atoms with E-state index in [1.54, 1.807) is 24.1 Å². The fraction of sp³-hybridized carbons (Fsp3) is 0.600. The Bertz CT molecular complexity index is 677. The largest absolute Gasteiger partial charge is 0.384 e. The van der Waals surface area contributed by atoms with Gasteiger partial charge in [0.1, 0.15) is 5.82 Å². The molecule has 0 atom stereocenters. The van der Waals surface area contributed by atoms with Gasteiger partial charge in [0.2, 0.25) is 5.91 Å². The highest BCUT2D eigenvalue weighted by atomic mass is 35.5. The number of hydrogen-bond donors (Lipinski definition) is 1. The summed E-state index contributed by atoms with van der Waals surface area (Å²) in [7, 11) is 1.63. The number of nitrogens with zero attached hydrogens (tertiary/aromatic N) is 2. The Morgan fingerprint density at radius 1 is 1.11 bits per heavy atom. The minimum atomic E-state index is -0.506. The molecular weight excluding hydrogens is 385 g/mol. The minimum absolute atomic E-state index is 0. The zero-order valence-electron chi connectivity index (χ0n) is 16.3. The van der Waals surface area contributed by atoms with Crippen LogP contribution in [0.1, 0.15) is 29.6 Å². The molecule has 1 N–H and O–H groups in total. The van der Waals surface area contributed by atoms with E-state index >= 15 is 0 Å². The summed E-state index contributed by atoms with van der Waals surface area (Å²) < 4.78 is 19.3. The number of carbonyl (C=O) groups excluding carboxylic acids is 2. The molecule has 3 rings (SSSR count). The highest BCUT2D eigenvalue weighted by molar-refractivity contribution is 5.94. The van der Waals surface area contributed by atoms with Crippen LogP contribution in [0.5, 0.6) is 0 Å². The van der Waals surface area contributed by atoms with Gasteiger partial charge in [0.05, 0.1) is 17.6 Å². The molecule has 2 heterocycles. The first kappa shape index (κ1) is 22.6. The first-order chi connectivity index (χ1) is 13.1. The number of hydrogen-bond acceptors (Lipinski definition) is 4. The predicted octanol–water partition coefficient (Wildman–Crippen LogP) is 1.94. The molecule has 2 fully saturated rings. The molecule has 2 aliphatic heterocycles. The van der Waals surface area contributed by atoms with Crippen LogP contribution in [0.25, 0.3) is 0 Å². The maximum atomic E-state index is 13.9. The summed E-state index contributed by atoms with van der Waals surface area (Å²) in [4.78, 5) is 29.5. The molecule has 0 bridgehead atoms. The van der Waals surface area contributed by atoms with Crippen molar-refractivity contribution < 1.29 is 18.7 Å². The lowest BCUT2D eigenvalue weighted by Crippen LogP contribution is -2.52. The fourth-order valence-electron chi connectivity index (χ4n) is 4.07. The Balaban J connectivity index is 0.00000280. The number of nitrogens with one attached hydrogen (secondary N) is 1. The maximum absolute atomic E-state index is 13.9. The third kappa shape index (κ3) is 4.82. The molecule has 2 amide bonds. The van der Waals surface area contributed by atoms with Crippen LogP contribution in [-0.4, -0.2) is 74.6 Å². The summed E-state index contributed by atoms with van der Waals surface area (Å²) in [5.41, 5.74) is -0.392. The van der Waals surface area contributed by atoms with E-state index in [0.717, 1.165) is 25.9 Å². The molecule has 2 aliphatic rings. The molecule has 28 heavy (non-hydrogen) atoms. The van der Waals surface area contributed by atoms with E-state index < -0.39 is 11.2 Å². The van der Waals surface area contributed by atoms with Crippen LogP contribution in [0.15, 0.2) is 24.3 Å². The van der Waals surface area contributed by atoms with Gasteiger partial charge in [-0.15, -0.1) is 12.4 Å². The van der Waals surface area contributed by atoms with Crippen molar-refractivity contribution in [1.29, 1.82) is 0 Å². The smallest absolute Gasteiger partial charge is 0.256 e. The fourth-order valence-corrected chi connectivity index (χ4v) is 4.07. The van der Waals surface area contributed by atoms with Crippen LogP contribution in [0.4, 0.5) is 4.39 Å². The number of rotatable bonds is 4.